The molecule has 3 atom stereocenters. The Kier molecular flexibility index (Phi) is 6.31. The first kappa shape index (κ1) is 16.3. The van der Waals surface area contributed by atoms with Crippen LogP contribution in [-0.4, -0.2) is 62.2 Å². The van der Waals surface area contributed by atoms with Crippen molar-refractivity contribution in [3.63, 3.8) is 0 Å². The van der Waals surface area contributed by atoms with Crippen molar-refractivity contribution in [1.82, 2.24) is 15.1 Å². The number of likely N-dealkylation sites (N-methyl/N-ethyl adjacent to an activating group) is 2. The molecular weight excluding hydrogens is 246 g/mol. The lowest BCUT2D eigenvalue weighted by Crippen LogP contribution is -2.46. The van der Waals surface area contributed by atoms with Crippen LogP contribution in [0.25, 0.3) is 0 Å². The van der Waals surface area contributed by atoms with Crippen molar-refractivity contribution in [3.05, 3.63) is 0 Å². The number of nitrogens with zero attached hydrogens (tertiary/aromatic N) is 2. The summed E-state index contributed by atoms with van der Waals surface area (Å²) in [7, 11) is 4.46. The lowest BCUT2D eigenvalue weighted by Gasteiger charge is -2.34. The van der Waals surface area contributed by atoms with Crippen molar-refractivity contribution in [1.29, 1.82) is 0 Å². The highest BCUT2D eigenvalue weighted by Gasteiger charge is 2.33. The molecule has 20 heavy (non-hydrogen) atoms. The molecule has 118 valence electrons. The highest BCUT2D eigenvalue weighted by atomic mass is 15.2. The van der Waals surface area contributed by atoms with E-state index in [1.807, 2.05) is 0 Å². The summed E-state index contributed by atoms with van der Waals surface area (Å²) in [5.41, 5.74) is 0. The maximum Gasteiger partial charge on any atom is 0.0254 e. The molecule has 1 saturated carbocycles. The van der Waals surface area contributed by atoms with Crippen LogP contribution in [-0.2, 0) is 0 Å². The van der Waals surface area contributed by atoms with E-state index in [1.54, 1.807) is 0 Å². The molecule has 1 N–H and O–H groups in total. The van der Waals surface area contributed by atoms with Crippen molar-refractivity contribution in [2.75, 3.05) is 40.3 Å². The van der Waals surface area contributed by atoms with Crippen LogP contribution in [0, 0.1) is 11.8 Å². The molecule has 2 aliphatic rings. The topological polar surface area (TPSA) is 18.5 Å². The Hall–Kier alpha value is -0.120. The summed E-state index contributed by atoms with van der Waals surface area (Å²) < 4.78 is 0. The molecule has 1 saturated heterocycles. The molecular formula is C17H35N3. The second-order valence-corrected chi connectivity index (χ2v) is 7.29. The van der Waals surface area contributed by atoms with E-state index in [4.69, 9.17) is 0 Å². The van der Waals surface area contributed by atoms with Crippen molar-refractivity contribution in [2.45, 2.75) is 58.0 Å². The highest BCUT2D eigenvalue weighted by Crippen LogP contribution is 2.28. The molecule has 1 aliphatic carbocycles. The van der Waals surface area contributed by atoms with Gasteiger partial charge in [-0.3, -0.25) is 4.90 Å². The third kappa shape index (κ3) is 4.19. The van der Waals surface area contributed by atoms with E-state index in [0.29, 0.717) is 6.04 Å². The molecule has 1 heterocycles. The molecule has 0 bridgehead atoms. The Labute approximate surface area is 126 Å². The summed E-state index contributed by atoms with van der Waals surface area (Å²) in [5, 5.41) is 3.78. The summed E-state index contributed by atoms with van der Waals surface area (Å²) >= 11 is 0. The van der Waals surface area contributed by atoms with Crippen LogP contribution in [0.3, 0.4) is 0 Å². The first-order valence-corrected chi connectivity index (χ1v) is 8.74. The van der Waals surface area contributed by atoms with Crippen molar-refractivity contribution in [2.24, 2.45) is 11.8 Å². The van der Waals surface area contributed by atoms with Crippen molar-refractivity contribution in [3.8, 4) is 0 Å². The second-order valence-electron chi connectivity index (χ2n) is 7.29. The van der Waals surface area contributed by atoms with Gasteiger partial charge in [0.15, 0.2) is 0 Å². The Morgan fingerprint density at radius 2 is 1.85 bits per heavy atom. The maximum absolute atomic E-state index is 3.78. The lowest BCUT2D eigenvalue weighted by atomic mass is 9.83. The predicted molar refractivity (Wildman–Crippen MR) is 87.1 cm³/mol. The van der Waals surface area contributed by atoms with Crippen LogP contribution in [0.2, 0.25) is 0 Å². The molecule has 3 nitrogen and oxygen atoms in total. The number of nitrogens with one attached hydrogen (secondary N) is 1. The van der Waals surface area contributed by atoms with Crippen LogP contribution < -0.4 is 5.32 Å². The molecule has 1 aliphatic heterocycles. The molecule has 0 aromatic carbocycles. The van der Waals surface area contributed by atoms with Gasteiger partial charge in [-0.1, -0.05) is 33.1 Å². The average molecular weight is 281 g/mol. The third-order valence-electron chi connectivity index (χ3n) is 5.45. The highest BCUT2D eigenvalue weighted by molar-refractivity contribution is 4.90. The van der Waals surface area contributed by atoms with Gasteiger partial charge in [0.05, 0.1) is 0 Å². The van der Waals surface area contributed by atoms with Gasteiger partial charge in [-0.15, -0.1) is 0 Å². The van der Waals surface area contributed by atoms with Crippen LogP contribution in [0.5, 0.6) is 0 Å². The predicted octanol–water partition coefficient (Wildman–Crippen LogP) is 2.43. The zero-order valence-electron chi connectivity index (χ0n) is 14.1. The van der Waals surface area contributed by atoms with E-state index in [0.717, 1.165) is 24.4 Å². The molecule has 3 unspecified atom stereocenters. The number of hydrogen-bond donors (Lipinski definition) is 1. The standard InChI is InChI=1S/C17H35N3/c1-5-18-16(15-9-7-6-8-10-15)12-20-11-14(2)17(13-20)19(3)4/h14-18H,5-13H2,1-4H3. The molecule has 2 fully saturated rings. The molecule has 0 aromatic heterocycles. The molecule has 0 spiro atoms. The molecule has 0 radical (unpaired) electrons. The zero-order valence-corrected chi connectivity index (χ0v) is 14.1. The third-order valence-corrected chi connectivity index (χ3v) is 5.45. The molecule has 2 rings (SSSR count). The van der Waals surface area contributed by atoms with E-state index < -0.39 is 0 Å². The number of likely N-dealkylation sites (tertiary alicyclic amines) is 1. The molecule has 0 amide bonds. The van der Waals surface area contributed by atoms with Crippen molar-refractivity contribution >= 4 is 0 Å². The average Bonchev–Trinajstić information content (AvgIpc) is 2.80. The Bertz CT molecular complexity index is 273. The van der Waals surface area contributed by atoms with Gasteiger partial charge in [0.25, 0.3) is 0 Å². The first-order chi connectivity index (χ1) is 9.61. The van der Waals surface area contributed by atoms with Crippen LogP contribution in [0.4, 0.5) is 0 Å². The second kappa shape index (κ2) is 7.77. The fourth-order valence-electron chi connectivity index (χ4n) is 4.33. The van der Waals surface area contributed by atoms with Gasteiger partial charge in [-0.2, -0.15) is 0 Å². The normalized spacial score (nSPS) is 31.1. The minimum Gasteiger partial charge on any atom is -0.313 e. The minimum absolute atomic E-state index is 0.716. The molecule has 3 heteroatoms. The Morgan fingerprint density at radius 1 is 1.15 bits per heavy atom. The summed E-state index contributed by atoms with van der Waals surface area (Å²) in [5.74, 6) is 1.72. The number of hydrogen-bond acceptors (Lipinski definition) is 3. The van der Waals surface area contributed by atoms with Crippen molar-refractivity contribution < 1.29 is 0 Å². The van der Waals surface area contributed by atoms with Crippen LogP contribution >= 0.6 is 0 Å². The van der Waals surface area contributed by atoms with E-state index in [2.05, 4.69) is 43.1 Å². The van der Waals surface area contributed by atoms with Gasteiger partial charge in [0.2, 0.25) is 0 Å². The minimum atomic E-state index is 0.716. The van der Waals surface area contributed by atoms with Gasteiger partial charge in [0.1, 0.15) is 0 Å². The summed E-state index contributed by atoms with van der Waals surface area (Å²) in [4.78, 5) is 5.12. The van der Waals surface area contributed by atoms with E-state index in [-0.39, 0.29) is 0 Å². The van der Waals surface area contributed by atoms with Gasteiger partial charge in [-0.25, -0.2) is 0 Å². The quantitative estimate of drug-likeness (QED) is 0.807. The van der Waals surface area contributed by atoms with Gasteiger partial charge >= 0.3 is 0 Å². The maximum atomic E-state index is 3.78. The monoisotopic (exact) mass is 281 g/mol. The Balaban J connectivity index is 1.88. The first-order valence-electron chi connectivity index (χ1n) is 8.74. The molecule has 0 aromatic rings. The smallest absolute Gasteiger partial charge is 0.0254 e. The fourth-order valence-corrected chi connectivity index (χ4v) is 4.33. The van der Waals surface area contributed by atoms with Gasteiger partial charge in [-0.05, 0) is 45.3 Å². The van der Waals surface area contributed by atoms with Gasteiger partial charge < -0.3 is 10.2 Å². The zero-order chi connectivity index (χ0) is 14.5. The van der Waals surface area contributed by atoms with E-state index in [1.165, 1.54) is 51.7 Å². The fraction of sp³-hybridized carbons (Fsp3) is 1.00. The summed E-state index contributed by atoms with van der Waals surface area (Å²) in [6, 6.07) is 1.46. The summed E-state index contributed by atoms with van der Waals surface area (Å²) in [6.45, 7) is 9.56. The van der Waals surface area contributed by atoms with E-state index >= 15 is 0 Å². The largest absolute Gasteiger partial charge is 0.313 e. The van der Waals surface area contributed by atoms with Crippen LogP contribution in [0.15, 0.2) is 0 Å². The number of rotatable bonds is 6. The SMILES string of the molecule is CCNC(CN1CC(C)C(N(C)C)C1)C1CCCCC1. The lowest BCUT2D eigenvalue weighted by molar-refractivity contribution is 0.196. The van der Waals surface area contributed by atoms with Gasteiger partial charge in [0, 0.05) is 31.7 Å². The Morgan fingerprint density at radius 3 is 2.40 bits per heavy atom. The summed E-state index contributed by atoms with van der Waals surface area (Å²) in [6.07, 6.45) is 7.24. The van der Waals surface area contributed by atoms with Crippen LogP contribution in [0.1, 0.15) is 46.0 Å². The van der Waals surface area contributed by atoms with E-state index in [9.17, 15) is 0 Å².